The number of rotatable bonds is 6. The minimum absolute atomic E-state index is 0.559. The zero-order chi connectivity index (χ0) is 19.2. The number of benzene rings is 1. The van der Waals surface area contributed by atoms with Crippen molar-refractivity contribution in [3.05, 3.63) is 84.3 Å². The third-order valence-corrected chi connectivity index (χ3v) is 5.30. The molecule has 3 heterocycles. The maximum Gasteiger partial charge on any atom is 0.126 e. The fraction of sp³-hybridized carbons (Fsp3) is 0.250. The predicted molar refractivity (Wildman–Crippen MR) is 113 cm³/mol. The Labute approximate surface area is 166 Å². The molecular weight excluding hydrogens is 346 g/mol. The smallest absolute Gasteiger partial charge is 0.126 e. The second kappa shape index (κ2) is 8.81. The average Bonchev–Trinajstić information content (AvgIpc) is 3.24. The Hall–Kier alpha value is -2.98. The highest BCUT2D eigenvalue weighted by Crippen LogP contribution is 2.29. The molecule has 0 unspecified atom stereocenters. The average molecular weight is 371 g/mol. The summed E-state index contributed by atoms with van der Waals surface area (Å²) in [4.78, 5) is 11.1. The second-order valence-corrected chi connectivity index (χ2v) is 7.10. The number of nitrogens with zero attached hydrogens (tertiary/aromatic N) is 3. The maximum atomic E-state index is 5.42. The minimum Gasteiger partial charge on any atom is -0.496 e. The molecule has 1 aliphatic rings. The summed E-state index contributed by atoms with van der Waals surface area (Å²) in [7, 11) is 1.71. The van der Waals surface area contributed by atoms with Crippen molar-refractivity contribution in [2.45, 2.75) is 12.3 Å². The fourth-order valence-electron chi connectivity index (χ4n) is 3.78. The summed E-state index contributed by atoms with van der Waals surface area (Å²) in [6.07, 6.45) is 11.1. The van der Waals surface area contributed by atoms with Crippen LogP contribution in [0.2, 0.25) is 0 Å². The molecule has 0 radical (unpaired) electrons. The number of pyridine rings is 2. The third-order valence-electron chi connectivity index (χ3n) is 5.30. The standard InChI is InChI=1S/C24H25N3O/c1-28-24-7-3-2-5-20(24)6-4-15-27-16-11-22(18-27)21-10-14-26-23(17-21)19-8-12-25-13-9-19/h2-10,12-14,17,22H,11,15-16,18H2,1H3/b6-4+/t22-/m0/s1. The van der Waals surface area contributed by atoms with Gasteiger partial charge in [0.1, 0.15) is 5.75 Å². The van der Waals surface area contributed by atoms with E-state index in [0.29, 0.717) is 5.92 Å². The van der Waals surface area contributed by atoms with Crippen LogP contribution in [0.5, 0.6) is 5.75 Å². The molecule has 0 bridgehead atoms. The van der Waals surface area contributed by atoms with Crippen molar-refractivity contribution < 1.29 is 4.74 Å². The van der Waals surface area contributed by atoms with Crippen LogP contribution >= 0.6 is 0 Å². The number of hydrogen-bond donors (Lipinski definition) is 0. The largest absolute Gasteiger partial charge is 0.496 e. The van der Waals surface area contributed by atoms with Crippen molar-refractivity contribution in [1.29, 1.82) is 0 Å². The lowest BCUT2D eigenvalue weighted by Crippen LogP contribution is -2.20. The molecule has 0 spiro atoms. The zero-order valence-electron chi connectivity index (χ0n) is 16.2. The maximum absolute atomic E-state index is 5.42. The Morgan fingerprint density at radius 1 is 1.11 bits per heavy atom. The Kier molecular flexibility index (Phi) is 5.78. The summed E-state index contributed by atoms with van der Waals surface area (Å²) in [5, 5.41) is 0. The van der Waals surface area contributed by atoms with Crippen LogP contribution in [-0.2, 0) is 0 Å². The Morgan fingerprint density at radius 3 is 2.82 bits per heavy atom. The molecule has 1 aliphatic heterocycles. The molecule has 4 nitrogen and oxygen atoms in total. The molecule has 0 saturated carbocycles. The molecule has 1 atom stereocenters. The normalized spacial score (nSPS) is 17.2. The first-order chi connectivity index (χ1) is 13.8. The van der Waals surface area contributed by atoms with Gasteiger partial charge < -0.3 is 4.74 Å². The van der Waals surface area contributed by atoms with E-state index < -0.39 is 0 Å². The first-order valence-corrected chi connectivity index (χ1v) is 9.72. The van der Waals surface area contributed by atoms with Gasteiger partial charge in [-0.3, -0.25) is 14.9 Å². The van der Waals surface area contributed by atoms with E-state index in [-0.39, 0.29) is 0 Å². The van der Waals surface area contributed by atoms with Crippen molar-refractivity contribution >= 4 is 6.08 Å². The number of hydrogen-bond acceptors (Lipinski definition) is 4. The number of aromatic nitrogens is 2. The van der Waals surface area contributed by atoms with Gasteiger partial charge in [0.25, 0.3) is 0 Å². The molecule has 1 fully saturated rings. The summed E-state index contributed by atoms with van der Waals surface area (Å²) in [5.74, 6) is 1.47. The molecule has 3 aromatic rings. The first-order valence-electron chi connectivity index (χ1n) is 9.72. The van der Waals surface area contributed by atoms with Crippen LogP contribution in [0.3, 0.4) is 0 Å². The molecular formula is C24H25N3O. The van der Waals surface area contributed by atoms with E-state index in [1.165, 1.54) is 12.0 Å². The van der Waals surface area contributed by atoms with Gasteiger partial charge in [0.15, 0.2) is 0 Å². The van der Waals surface area contributed by atoms with Crippen LogP contribution in [-0.4, -0.2) is 41.6 Å². The highest BCUT2D eigenvalue weighted by atomic mass is 16.5. The second-order valence-electron chi connectivity index (χ2n) is 7.10. The van der Waals surface area contributed by atoms with E-state index in [2.05, 4.69) is 45.2 Å². The lowest BCUT2D eigenvalue weighted by atomic mass is 9.98. The van der Waals surface area contributed by atoms with E-state index in [4.69, 9.17) is 4.74 Å². The molecule has 1 saturated heterocycles. The van der Waals surface area contributed by atoms with Crippen molar-refractivity contribution in [3.63, 3.8) is 0 Å². The van der Waals surface area contributed by atoms with E-state index in [1.807, 2.05) is 48.9 Å². The van der Waals surface area contributed by atoms with Gasteiger partial charge in [-0.15, -0.1) is 0 Å². The summed E-state index contributed by atoms with van der Waals surface area (Å²) in [5.41, 5.74) is 4.63. The summed E-state index contributed by atoms with van der Waals surface area (Å²) in [6, 6.07) is 16.5. The molecule has 0 N–H and O–H groups in total. The SMILES string of the molecule is COc1ccccc1/C=C/CN1CC[C@H](c2ccnc(-c3ccncc3)c2)C1. The molecule has 4 rings (SSSR count). The van der Waals surface area contributed by atoms with Gasteiger partial charge in [-0.05, 0) is 54.8 Å². The monoisotopic (exact) mass is 371 g/mol. The molecule has 1 aromatic carbocycles. The van der Waals surface area contributed by atoms with Crippen molar-refractivity contribution in [1.82, 2.24) is 14.9 Å². The summed E-state index contributed by atoms with van der Waals surface area (Å²) in [6.45, 7) is 3.15. The third kappa shape index (κ3) is 4.29. The minimum atomic E-state index is 0.559. The highest BCUT2D eigenvalue weighted by Gasteiger charge is 2.23. The van der Waals surface area contributed by atoms with E-state index >= 15 is 0 Å². The molecule has 28 heavy (non-hydrogen) atoms. The van der Waals surface area contributed by atoms with Gasteiger partial charge >= 0.3 is 0 Å². The number of methoxy groups -OCH3 is 1. The lowest BCUT2D eigenvalue weighted by molar-refractivity contribution is 0.372. The van der Waals surface area contributed by atoms with Crippen LogP contribution in [0.4, 0.5) is 0 Å². The van der Waals surface area contributed by atoms with Gasteiger partial charge in [-0.25, -0.2) is 0 Å². The Morgan fingerprint density at radius 2 is 1.96 bits per heavy atom. The van der Waals surface area contributed by atoms with Gasteiger partial charge in [0.05, 0.1) is 12.8 Å². The van der Waals surface area contributed by atoms with Crippen LogP contribution < -0.4 is 4.74 Å². The van der Waals surface area contributed by atoms with Crippen LogP contribution in [0.25, 0.3) is 17.3 Å². The highest BCUT2D eigenvalue weighted by molar-refractivity contribution is 5.59. The van der Waals surface area contributed by atoms with E-state index in [9.17, 15) is 0 Å². The van der Waals surface area contributed by atoms with Gasteiger partial charge in [-0.2, -0.15) is 0 Å². The number of likely N-dealkylation sites (tertiary alicyclic amines) is 1. The predicted octanol–water partition coefficient (Wildman–Crippen LogP) is 4.65. The molecule has 142 valence electrons. The van der Waals surface area contributed by atoms with Crippen molar-refractivity contribution in [2.75, 3.05) is 26.7 Å². The molecule has 0 aliphatic carbocycles. The number of para-hydroxylation sites is 1. The van der Waals surface area contributed by atoms with Gasteiger partial charge in [0.2, 0.25) is 0 Å². The quantitative estimate of drug-likeness (QED) is 0.632. The Balaban J connectivity index is 1.39. The topological polar surface area (TPSA) is 38.2 Å². The number of ether oxygens (including phenoxy) is 1. The Bertz CT molecular complexity index is 939. The van der Waals surface area contributed by atoms with Crippen LogP contribution in [0, 0.1) is 0 Å². The van der Waals surface area contributed by atoms with Gasteiger partial charge in [-0.1, -0.05) is 30.4 Å². The van der Waals surface area contributed by atoms with Gasteiger partial charge in [0, 0.05) is 42.8 Å². The summed E-state index contributed by atoms with van der Waals surface area (Å²) < 4.78 is 5.42. The van der Waals surface area contributed by atoms with Crippen LogP contribution in [0.1, 0.15) is 23.5 Å². The van der Waals surface area contributed by atoms with Crippen molar-refractivity contribution in [3.8, 4) is 17.0 Å². The summed E-state index contributed by atoms with van der Waals surface area (Å²) >= 11 is 0. The van der Waals surface area contributed by atoms with E-state index in [1.54, 1.807) is 7.11 Å². The molecule has 0 amide bonds. The molecule has 2 aromatic heterocycles. The van der Waals surface area contributed by atoms with Crippen molar-refractivity contribution in [2.24, 2.45) is 0 Å². The van der Waals surface area contributed by atoms with E-state index in [0.717, 1.165) is 42.2 Å². The lowest BCUT2D eigenvalue weighted by Gasteiger charge is -2.14. The fourth-order valence-corrected chi connectivity index (χ4v) is 3.78. The van der Waals surface area contributed by atoms with Crippen LogP contribution in [0.15, 0.2) is 73.2 Å². The zero-order valence-corrected chi connectivity index (χ0v) is 16.2. The molecule has 4 heteroatoms. The first kappa shape index (κ1) is 18.4.